The average molecular weight is 552 g/mol. The van der Waals surface area contributed by atoms with Crippen molar-refractivity contribution in [3.8, 4) is 5.75 Å². The first-order valence-corrected chi connectivity index (χ1v) is 15.9. The quantitative estimate of drug-likeness (QED) is 0.327. The zero-order valence-electron chi connectivity index (χ0n) is 23.2. The van der Waals surface area contributed by atoms with E-state index >= 15 is 0 Å². The molecule has 2 aliphatic rings. The minimum atomic E-state index is -3.56. The molecule has 1 aromatic heterocycles. The molecule has 0 radical (unpaired) electrons. The molecule has 0 bridgehead atoms. The maximum atomic E-state index is 13.3. The number of para-hydroxylation sites is 1. The number of nitrogens with one attached hydrogen (secondary N) is 1. The highest BCUT2D eigenvalue weighted by Gasteiger charge is 2.31. The lowest BCUT2D eigenvalue weighted by molar-refractivity contribution is 0.141. The summed E-state index contributed by atoms with van der Waals surface area (Å²) >= 11 is 0. The molecule has 5 rings (SSSR count). The van der Waals surface area contributed by atoms with Gasteiger partial charge in [-0.2, -0.15) is 4.31 Å². The van der Waals surface area contributed by atoms with Gasteiger partial charge in [0, 0.05) is 37.6 Å². The van der Waals surface area contributed by atoms with Gasteiger partial charge >= 0.3 is 0 Å². The zero-order valence-corrected chi connectivity index (χ0v) is 24.0. The standard InChI is InChI=1S/C30H41N5O3S/c1-3-4-22-38-25-14-16-26(17-15-25)39(36,37)35-20-18-34(19-21-35)23(2)29-32-28-13-9-8-12-27(28)30(33-29)31-24-10-6-5-7-11-24/h8-9,12-17,23-24H,3-7,10-11,18-22H2,1-2H3,(H,31,32,33)/t23-/m0/s1. The number of rotatable bonds is 10. The lowest BCUT2D eigenvalue weighted by Gasteiger charge is -2.37. The van der Waals surface area contributed by atoms with Crippen molar-refractivity contribution in [1.29, 1.82) is 0 Å². The molecule has 8 nitrogen and oxygen atoms in total. The number of ether oxygens (including phenoxy) is 1. The molecule has 1 N–H and O–H groups in total. The van der Waals surface area contributed by atoms with Crippen LogP contribution in [0.25, 0.3) is 10.9 Å². The van der Waals surface area contributed by atoms with Crippen LogP contribution in [0, 0.1) is 0 Å². The molecular weight excluding hydrogens is 510 g/mol. The van der Waals surface area contributed by atoms with Crippen LogP contribution < -0.4 is 10.1 Å². The number of hydrogen-bond acceptors (Lipinski definition) is 7. The molecule has 1 saturated heterocycles. The van der Waals surface area contributed by atoms with E-state index in [1.807, 2.05) is 18.2 Å². The molecule has 0 amide bonds. The molecule has 2 aromatic carbocycles. The normalized spacial score (nSPS) is 18.7. The highest BCUT2D eigenvalue weighted by atomic mass is 32.2. The minimum absolute atomic E-state index is 0.0223. The number of anilines is 1. The van der Waals surface area contributed by atoms with Crippen molar-refractivity contribution in [2.45, 2.75) is 75.8 Å². The monoisotopic (exact) mass is 551 g/mol. The number of unbranched alkanes of at least 4 members (excludes halogenated alkanes) is 1. The molecule has 39 heavy (non-hydrogen) atoms. The Morgan fingerprint density at radius 3 is 2.41 bits per heavy atom. The fraction of sp³-hybridized carbons (Fsp3) is 0.533. The van der Waals surface area contributed by atoms with E-state index < -0.39 is 10.0 Å². The summed E-state index contributed by atoms with van der Waals surface area (Å²) in [7, 11) is -3.56. The Hall–Kier alpha value is -2.75. The van der Waals surface area contributed by atoms with Gasteiger partial charge in [-0.15, -0.1) is 0 Å². The van der Waals surface area contributed by atoms with Crippen LogP contribution in [0.2, 0.25) is 0 Å². The van der Waals surface area contributed by atoms with Crippen molar-refractivity contribution in [2.75, 3.05) is 38.1 Å². The summed E-state index contributed by atoms with van der Waals surface area (Å²) in [5.74, 6) is 2.40. The van der Waals surface area contributed by atoms with E-state index in [1.54, 1.807) is 28.6 Å². The van der Waals surface area contributed by atoms with E-state index in [-0.39, 0.29) is 6.04 Å². The largest absolute Gasteiger partial charge is 0.494 e. The third-order valence-electron chi connectivity index (χ3n) is 7.99. The molecule has 9 heteroatoms. The second-order valence-electron chi connectivity index (χ2n) is 10.7. The number of fused-ring (bicyclic) bond motifs is 1. The summed E-state index contributed by atoms with van der Waals surface area (Å²) in [5, 5.41) is 4.77. The van der Waals surface area contributed by atoms with Gasteiger partial charge in [0.1, 0.15) is 17.4 Å². The fourth-order valence-electron chi connectivity index (χ4n) is 5.52. The molecule has 2 heterocycles. The van der Waals surface area contributed by atoms with Gasteiger partial charge in [-0.25, -0.2) is 18.4 Å². The Bertz CT molecular complexity index is 1330. The van der Waals surface area contributed by atoms with Crippen molar-refractivity contribution < 1.29 is 13.2 Å². The second kappa shape index (κ2) is 12.6. The fourth-order valence-corrected chi connectivity index (χ4v) is 6.94. The average Bonchev–Trinajstić information content (AvgIpc) is 2.98. The topological polar surface area (TPSA) is 87.7 Å². The molecule has 210 valence electrons. The van der Waals surface area contributed by atoms with E-state index in [0.717, 1.165) is 35.4 Å². The van der Waals surface area contributed by atoms with E-state index in [0.29, 0.717) is 49.5 Å². The van der Waals surface area contributed by atoms with E-state index in [9.17, 15) is 8.42 Å². The first-order valence-electron chi connectivity index (χ1n) is 14.5. The van der Waals surface area contributed by atoms with Gasteiger partial charge in [0.15, 0.2) is 0 Å². The summed E-state index contributed by atoms with van der Waals surface area (Å²) in [6, 6.07) is 15.4. The summed E-state index contributed by atoms with van der Waals surface area (Å²) < 4.78 is 33.9. The number of hydrogen-bond donors (Lipinski definition) is 1. The molecule has 1 aliphatic carbocycles. The van der Waals surface area contributed by atoms with Crippen LogP contribution in [0.4, 0.5) is 5.82 Å². The molecule has 3 aromatic rings. The zero-order chi connectivity index (χ0) is 27.2. The Morgan fingerprint density at radius 2 is 1.69 bits per heavy atom. The highest BCUT2D eigenvalue weighted by molar-refractivity contribution is 7.89. The van der Waals surface area contributed by atoms with Crippen molar-refractivity contribution in [2.24, 2.45) is 0 Å². The summed E-state index contributed by atoms with van der Waals surface area (Å²) in [4.78, 5) is 12.5. The van der Waals surface area contributed by atoms with Crippen LogP contribution in [-0.4, -0.2) is 66.4 Å². The number of sulfonamides is 1. The third-order valence-corrected chi connectivity index (χ3v) is 9.90. The minimum Gasteiger partial charge on any atom is -0.494 e. The van der Waals surface area contributed by atoms with Crippen LogP contribution in [-0.2, 0) is 10.0 Å². The molecule has 1 atom stereocenters. The highest BCUT2D eigenvalue weighted by Crippen LogP contribution is 2.29. The first-order chi connectivity index (χ1) is 19.0. The maximum Gasteiger partial charge on any atom is 0.243 e. The molecule has 0 spiro atoms. The summed E-state index contributed by atoms with van der Waals surface area (Å²) in [5.41, 5.74) is 0.941. The lowest BCUT2D eigenvalue weighted by Crippen LogP contribution is -2.49. The molecule has 1 saturated carbocycles. The van der Waals surface area contributed by atoms with Gasteiger partial charge in [0.25, 0.3) is 0 Å². The van der Waals surface area contributed by atoms with E-state index in [4.69, 9.17) is 14.7 Å². The number of aromatic nitrogens is 2. The van der Waals surface area contributed by atoms with Crippen LogP contribution >= 0.6 is 0 Å². The van der Waals surface area contributed by atoms with Gasteiger partial charge in [-0.05, 0) is 62.6 Å². The van der Waals surface area contributed by atoms with Gasteiger partial charge in [0.2, 0.25) is 10.0 Å². The van der Waals surface area contributed by atoms with Gasteiger partial charge in [-0.1, -0.05) is 44.7 Å². The Morgan fingerprint density at radius 1 is 0.974 bits per heavy atom. The SMILES string of the molecule is CCCCOc1ccc(S(=O)(=O)N2CCN([C@@H](C)c3nc(NC4CCCCC4)c4ccccc4n3)CC2)cc1. The van der Waals surface area contributed by atoms with Crippen molar-refractivity contribution >= 4 is 26.7 Å². The molecule has 2 fully saturated rings. The van der Waals surface area contributed by atoms with Gasteiger partial charge < -0.3 is 10.1 Å². The number of benzene rings is 2. The van der Waals surface area contributed by atoms with Crippen LogP contribution in [0.15, 0.2) is 53.4 Å². The van der Waals surface area contributed by atoms with Gasteiger partial charge in [-0.3, -0.25) is 4.90 Å². The van der Waals surface area contributed by atoms with Gasteiger partial charge in [0.05, 0.1) is 23.1 Å². The predicted octanol–water partition coefficient (Wildman–Crippen LogP) is 5.62. The summed E-state index contributed by atoms with van der Waals surface area (Å²) in [6.45, 7) is 6.99. The van der Waals surface area contributed by atoms with Crippen LogP contribution in [0.1, 0.15) is 70.7 Å². The van der Waals surface area contributed by atoms with Crippen LogP contribution in [0.3, 0.4) is 0 Å². The first kappa shape index (κ1) is 27.8. The Labute approximate surface area is 232 Å². The summed E-state index contributed by atoms with van der Waals surface area (Å²) in [6.07, 6.45) is 8.21. The van der Waals surface area contributed by atoms with Crippen molar-refractivity contribution in [1.82, 2.24) is 19.2 Å². The van der Waals surface area contributed by atoms with E-state index in [2.05, 4.69) is 30.1 Å². The van der Waals surface area contributed by atoms with Crippen molar-refractivity contribution in [3.05, 3.63) is 54.4 Å². The lowest BCUT2D eigenvalue weighted by atomic mass is 9.95. The van der Waals surface area contributed by atoms with E-state index in [1.165, 1.54) is 32.1 Å². The Balaban J connectivity index is 1.25. The molecule has 0 unspecified atom stereocenters. The second-order valence-corrected chi connectivity index (χ2v) is 12.7. The van der Waals surface area contributed by atoms with Crippen LogP contribution in [0.5, 0.6) is 5.75 Å². The smallest absolute Gasteiger partial charge is 0.243 e. The predicted molar refractivity (Wildman–Crippen MR) is 156 cm³/mol. The maximum absolute atomic E-state index is 13.3. The third kappa shape index (κ3) is 6.53. The number of piperazine rings is 1. The number of nitrogens with zero attached hydrogens (tertiary/aromatic N) is 4. The van der Waals surface area contributed by atoms with Crippen molar-refractivity contribution in [3.63, 3.8) is 0 Å². The molecular formula is C30H41N5O3S. The Kier molecular flexibility index (Phi) is 8.99. The molecule has 1 aliphatic heterocycles.